The first-order valence-corrected chi connectivity index (χ1v) is 15.7. The zero-order valence-electron chi connectivity index (χ0n) is 21.6. The molecule has 1 N–H and O–H groups in total. The monoisotopic (exact) mass is 539 g/mol. The third-order valence-electron chi connectivity index (χ3n) is 5.36. The van der Waals surface area contributed by atoms with Crippen molar-refractivity contribution in [3.05, 3.63) is 42.0 Å². The fourth-order valence-electron chi connectivity index (χ4n) is 2.30. The average Bonchev–Trinajstić information content (AvgIpc) is 2.68. The van der Waals surface area contributed by atoms with Crippen molar-refractivity contribution in [2.45, 2.75) is 78.0 Å². The van der Waals surface area contributed by atoms with Crippen molar-refractivity contribution in [2.75, 3.05) is 13.2 Å². The minimum atomic E-state index is -4.67. The van der Waals surface area contributed by atoms with Crippen LogP contribution in [-0.4, -0.2) is 45.8 Å². The van der Waals surface area contributed by atoms with Gasteiger partial charge < -0.3 is 13.7 Å². The van der Waals surface area contributed by atoms with Gasteiger partial charge in [0.1, 0.15) is 11.8 Å². The molecule has 0 spiro atoms. The highest BCUT2D eigenvalue weighted by Gasteiger charge is 2.40. The van der Waals surface area contributed by atoms with E-state index in [1.54, 1.807) is 32.0 Å². The summed E-state index contributed by atoms with van der Waals surface area (Å²) >= 11 is 0. The second-order valence-electron chi connectivity index (χ2n) is 9.81. The maximum absolute atomic E-state index is 13.6. The van der Waals surface area contributed by atoms with Gasteiger partial charge in [-0.05, 0) is 57.1 Å². The highest BCUT2D eigenvalue weighted by atomic mass is 31.2. The molecule has 0 fully saturated rings. The largest absolute Gasteiger partial charge is 0.462 e. The molecule has 1 aromatic rings. The van der Waals surface area contributed by atoms with E-state index >= 15 is 0 Å². The Bertz CT molecular complexity index is 901. The van der Waals surface area contributed by atoms with Crippen molar-refractivity contribution in [1.82, 2.24) is 5.09 Å². The summed E-state index contributed by atoms with van der Waals surface area (Å²) in [5, 5.41) is 2.16. The lowest BCUT2D eigenvalue weighted by atomic mass is 10.2. The number of alkyl halides is 3. The zero-order valence-corrected chi connectivity index (χ0v) is 23.5. The standard InChI is InChI=1S/C23H37F3NO6PSi/c1-17(2)32-21(28)18(3)27-34(29,33-20-12-10-9-11-13-20)30-15-14-19(23(24,25)26)16-31-35(7,8)22(4,5)6/h9-14,17-18H,15-16H2,1-8H3,(H,27,29)/b19-14-/t18-,34?/m0/s1. The first kappa shape index (κ1) is 31.4. The van der Waals surface area contributed by atoms with E-state index in [0.717, 1.165) is 6.08 Å². The smallest absolute Gasteiger partial charge is 0.459 e. The Morgan fingerprint density at radius 1 is 1.11 bits per heavy atom. The third-order valence-corrected chi connectivity index (χ3v) is 11.5. The Hall–Kier alpha value is -1.65. The number of carbonyl (C=O) groups excluding carboxylic acids is 1. The fourth-order valence-corrected chi connectivity index (χ4v) is 4.68. The van der Waals surface area contributed by atoms with Crippen LogP contribution in [0.1, 0.15) is 41.5 Å². The van der Waals surface area contributed by atoms with Gasteiger partial charge in [0, 0.05) is 0 Å². The van der Waals surface area contributed by atoms with Gasteiger partial charge in [0.2, 0.25) is 0 Å². The summed E-state index contributed by atoms with van der Waals surface area (Å²) < 4.78 is 75.8. The van der Waals surface area contributed by atoms with E-state index in [2.05, 4.69) is 5.09 Å². The molecule has 0 aliphatic carbocycles. The van der Waals surface area contributed by atoms with Crippen molar-refractivity contribution in [1.29, 1.82) is 0 Å². The molecule has 0 saturated carbocycles. The number of nitrogens with one attached hydrogen (secondary N) is 1. The van der Waals surface area contributed by atoms with Crippen LogP contribution < -0.4 is 9.61 Å². The molecule has 0 aromatic heterocycles. The lowest BCUT2D eigenvalue weighted by Gasteiger charge is -2.36. The van der Waals surface area contributed by atoms with Gasteiger partial charge >= 0.3 is 19.9 Å². The molecule has 0 bridgehead atoms. The van der Waals surface area contributed by atoms with E-state index < -0.39 is 59.1 Å². The Balaban J connectivity index is 3.07. The van der Waals surface area contributed by atoms with Crippen LogP contribution >= 0.6 is 7.75 Å². The molecule has 0 aliphatic rings. The number of carbonyl (C=O) groups is 1. The summed E-state index contributed by atoms with van der Waals surface area (Å²) in [7, 11) is -6.72. The van der Waals surface area contributed by atoms with Gasteiger partial charge in [0.15, 0.2) is 8.32 Å². The topological polar surface area (TPSA) is 83.1 Å². The Morgan fingerprint density at radius 3 is 2.17 bits per heavy atom. The van der Waals surface area contributed by atoms with E-state index in [-0.39, 0.29) is 10.8 Å². The summed E-state index contributed by atoms with van der Waals surface area (Å²) in [5.41, 5.74) is -0.958. The number of ether oxygens (including phenoxy) is 1. The molecule has 35 heavy (non-hydrogen) atoms. The van der Waals surface area contributed by atoms with Crippen LogP contribution in [0.15, 0.2) is 42.0 Å². The molecule has 0 aliphatic heterocycles. The third kappa shape index (κ3) is 10.9. The first-order valence-electron chi connectivity index (χ1n) is 11.2. The number of hydrogen-bond acceptors (Lipinski definition) is 6. The Morgan fingerprint density at radius 2 is 1.69 bits per heavy atom. The molecule has 1 unspecified atom stereocenters. The van der Waals surface area contributed by atoms with Crippen LogP contribution in [0.5, 0.6) is 5.75 Å². The Labute approximate surface area is 207 Å². The van der Waals surface area contributed by atoms with Gasteiger partial charge in [0.25, 0.3) is 0 Å². The zero-order chi connectivity index (χ0) is 27.1. The summed E-state index contributed by atoms with van der Waals surface area (Å²) in [6, 6.07) is 6.83. The van der Waals surface area contributed by atoms with Gasteiger partial charge in [-0.25, -0.2) is 4.57 Å². The van der Waals surface area contributed by atoms with Crippen molar-refractivity contribution in [3.8, 4) is 5.75 Å². The summed E-state index contributed by atoms with van der Waals surface area (Å²) in [6.45, 7) is 12.8. The van der Waals surface area contributed by atoms with Crippen LogP contribution in [0.2, 0.25) is 18.1 Å². The van der Waals surface area contributed by atoms with E-state index in [1.807, 2.05) is 33.9 Å². The quantitative estimate of drug-likeness (QED) is 0.138. The first-order chi connectivity index (χ1) is 15.9. The van der Waals surface area contributed by atoms with E-state index in [9.17, 15) is 22.5 Å². The number of halogens is 3. The maximum Gasteiger partial charge on any atom is 0.459 e. The number of hydrogen-bond donors (Lipinski definition) is 1. The SMILES string of the molecule is CC(C)OC(=O)[C@H](C)NP(=O)(OC/C=C(/CO[Si](C)(C)C(C)(C)C)C(F)(F)F)Oc1ccccc1. The van der Waals surface area contributed by atoms with E-state index in [0.29, 0.717) is 0 Å². The van der Waals surface area contributed by atoms with Crippen molar-refractivity contribution in [3.63, 3.8) is 0 Å². The molecule has 7 nitrogen and oxygen atoms in total. The van der Waals surface area contributed by atoms with Crippen LogP contribution in [0.4, 0.5) is 13.2 Å². The number of benzene rings is 1. The van der Waals surface area contributed by atoms with E-state index in [4.69, 9.17) is 18.2 Å². The van der Waals surface area contributed by atoms with Crippen LogP contribution in [0.25, 0.3) is 0 Å². The number of para-hydroxylation sites is 1. The van der Waals surface area contributed by atoms with Gasteiger partial charge in [-0.2, -0.15) is 18.3 Å². The maximum atomic E-state index is 13.6. The molecule has 12 heteroatoms. The number of esters is 1. The predicted molar refractivity (Wildman–Crippen MR) is 132 cm³/mol. The van der Waals surface area contributed by atoms with Crippen molar-refractivity contribution >= 4 is 22.0 Å². The molecule has 1 aromatic carbocycles. The molecule has 0 amide bonds. The van der Waals surface area contributed by atoms with Crippen molar-refractivity contribution in [2.24, 2.45) is 0 Å². The van der Waals surface area contributed by atoms with Crippen LogP contribution in [0, 0.1) is 0 Å². The molecule has 0 saturated heterocycles. The molecular formula is C23H37F3NO6PSi. The highest BCUT2D eigenvalue weighted by Crippen LogP contribution is 2.45. The normalized spacial score (nSPS) is 16.1. The highest BCUT2D eigenvalue weighted by molar-refractivity contribution is 7.52. The fraction of sp³-hybridized carbons (Fsp3) is 0.609. The van der Waals surface area contributed by atoms with Gasteiger partial charge in [-0.3, -0.25) is 9.32 Å². The Kier molecular flexibility index (Phi) is 11.2. The van der Waals surface area contributed by atoms with Gasteiger partial charge in [0.05, 0.1) is 24.9 Å². The number of rotatable bonds is 12. The lowest BCUT2D eigenvalue weighted by molar-refractivity contribution is -0.149. The molecule has 200 valence electrons. The minimum Gasteiger partial charge on any atom is -0.462 e. The summed E-state index contributed by atoms with van der Waals surface area (Å²) in [6.07, 6.45) is -4.31. The molecule has 1 rings (SSSR count). The predicted octanol–water partition coefficient (Wildman–Crippen LogP) is 6.63. The second-order valence-corrected chi connectivity index (χ2v) is 16.3. The molecule has 0 heterocycles. The second kappa shape index (κ2) is 12.5. The lowest BCUT2D eigenvalue weighted by Crippen LogP contribution is -2.42. The van der Waals surface area contributed by atoms with Crippen LogP contribution in [0.3, 0.4) is 0 Å². The summed E-state index contributed by atoms with van der Waals surface area (Å²) in [5.74, 6) is -0.566. The van der Waals surface area contributed by atoms with E-state index in [1.165, 1.54) is 19.1 Å². The minimum absolute atomic E-state index is 0.147. The van der Waals surface area contributed by atoms with Crippen molar-refractivity contribution < 1.29 is 40.7 Å². The molecular weight excluding hydrogens is 502 g/mol. The summed E-state index contributed by atoms with van der Waals surface area (Å²) in [4.78, 5) is 12.2. The molecule has 0 radical (unpaired) electrons. The molecule has 2 atom stereocenters. The van der Waals surface area contributed by atoms with Gasteiger partial charge in [-0.1, -0.05) is 39.0 Å². The average molecular weight is 540 g/mol. The van der Waals surface area contributed by atoms with Gasteiger partial charge in [-0.15, -0.1) is 0 Å². The van der Waals surface area contributed by atoms with Crippen LogP contribution in [-0.2, 0) is 23.0 Å².